The van der Waals surface area contributed by atoms with Crippen LogP contribution in [0.2, 0.25) is 0 Å². The zero-order valence-corrected chi connectivity index (χ0v) is 33.8. The van der Waals surface area contributed by atoms with Gasteiger partial charge in [-0.1, -0.05) is 79.9 Å². The fraction of sp³-hybridized carbons (Fsp3) is 0.0943. The smallest absolute Gasteiger partial charge is 0.0466 e. The van der Waals surface area contributed by atoms with Crippen molar-refractivity contribution in [3.8, 4) is 0 Å². The first-order chi connectivity index (χ1) is 27.7. The molecule has 6 rings (SSSR count). The normalized spacial score (nSPS) is 11.6. The van der Waals surface area contributed by atoms with E-state index >= 15 is 0 Å². The summed E-state index contributed by atoms with van der Waals surface area (Å²) in [7, 11) is 0. The Morgan fingerprint density at radius 1 is 0.526 bits per heavy atom. The number of para-hydroxylation sites is 1. The first-order valence-corrected chi connectivity index (χ1v) is 19.3. The van der Waals surface area contributed by atoms with Crippen LogP contribution in [-0.2, 0) is 0 Å². The highest BCUT2D eigenvalue weighted by Gasteiger charge is 2.19. The van der Waals surface area contributed by atoms with Crippen LogP contribution in [0.3, 0.4) is 0 Å². The minimum Gasteiger partial charge on any atom is -0.356 e. The number of allylic oxidation sites excluding steroid dienone is 7. The number of nitrogens with one attached hydrogen (secondary N) is 1. The number of benzene rings is 6. The van der Waals surface area contributed by atoms with Gasteiger partial charge in [0, 0.05) is 62.6 Å². The zero-order chi connectivity index (χ0) is 40.3. The molecule has 0 heterocycles. The number of aryl methyl sites for hydroxylation is 3. The van der Waals surface area contributed by atoms with Gasteiger partial charge in [-0.25, -0.2) is 0 Å². The van der Waals surface area contributed by atoms with E-state index in [4.69, 9.17) is 0 Å². The maximum absolute atomic E-state index is 4.15. The maximum atomic E-state index is 4.15. The van der Waals surface area contributed by atoms with Gasteiger partial charge in [0.15, 0.2) is 0 Å². The highest BCUT2D eigenvalue weighted by atomic mass is 15.2. The minimum atomic E-state index is 0.947. The fourth-order valence-corrected chi connectivity index (χ4v) is 7.02. The van der Waals surface area contributed by atoms with Crippen LogP contribution in [0.15, 0.2) is 219 Å². The van der Waals surface area contributed by atoms with Gasteiger partial charge in [-0.3, -0.25) is 0 Å². The van der Waals surface area contributed by atoms with Crippen molar-refractivity contribution in [3.63, 3.8) is 0 Å². The third kappa shape index (κ3) is 9.80. The minimum absolute atomic E-state index is 0.947. The van der Waals surface area contributed by atoms with E-state index in [0.717, 1.165) is 68.2 Å². The summed E-state index contributed by atoms with van der Waals surface area (Å²) in [4.78, 5) is 6.80. The van der Waals surface area contributed by atoms with E-state index in [1.165, 1.54) is 16.7 Å². The summed E-state index contributed by atoms with van der Waals surface area (Å²) in [6.45, 7) is 22.7. The number of nitrogens with zero attached hydrogens (tertiary/aromatic N) is 3. The molecule has 4 heteroatoms. The van der Waals surface area contributed by atoms with E-state index in [9.17, 15) is 0 Å². The Bertz CT molecular complexity index is 2400. The number of rotatable bonds is 15. The van der Waals surface area contributed by atoms with Gasteiger partial charge in [0.2, 0.25) is 0 Å². The van der Waals surface area contributed by atoms with Gasteiger partial charge in [0.1, 0.15) is 0 Å². The van der Waals surface area contributed by atoms with Crippen LogP contribution in [0, 0.1) is 20.8 Å². The van der Waals surface area contributed by atoms with Gasteiger partial charge in [0.05, 0.1) is 0 Å². The molecule has 1 N–H and O–H groups in total. The summed E-state index contributed by atoms with van der Waals surface area (Å²) >= 11 is 0. The lowest BCUT2D eigenvalue weighted by molar-refractivity contribution is 1.18. The van der Waals surface area contributed by atoms with Gasteiger partial charge in [0.25, 0.3) is 0 Å². The molecule has 0 unspecified atom stereocenters. The molecule has 0 aliphatic heterocycles. The van der Waals surface area contributed by atoms with Crippen molar-refractivity contribution in [3.05, 3.63) is 235 Å². The van der Waals surface area contributed by atoms with Gasteiger partial charge in [-0.2, -0.15) is 0 Å². The van der Waals surface area contributed by atoms with Crippen molar-refractivity contribution < 1.29 is 0 Å². The van der Waals surface area contributed by atoms with Crippen LogP contribution < -0.4 is 20.0 Å². The van der Waals surface area contributed by atoms with Crippen molar-refractivity contribution in [2.75, 3.05) is 20.0 Å². The highest BCUT2D eigenvalue weighted by Crippen LogP contribution is 2.40. The molecule has 0 fully saturated rings. The number of anilines is 9. The molecular weight excluding hydrogens is 693 g/mol. The van der Waals surface area contributed by atoms with Crippen molar-refractivity contribution in [1.29, 1.82) is 0 Å². The Morgan fingerprint density at radius 3 is 1.56 bits per heavy atom. The molecule has 284 valence electrons. The summed E-state index contributed by atoms with van der Waals surface area (Å²) in [5, 5.41) is 3.56. The second-order valence-electron chi connectivity index (χ2n) is 14.2. The summed E-state index contributed by atoms with van der Waals surface area (Å²) in [6.07, 6.45) is 12.0. The quantitative estimate of drug-likeness (QED) is 0.106. The lowest BCUT2D eigenvalue weighted by Crippen LogP contribution is -2.16. The Labute approximate surface area is 340 Å². The van der Waals surface area contributed by atoms with Crippen molar-refractivity contribution >= 4 is 51.2 Å². The first-order valence-electron chi connectivity index (χ1n) is 19.3. The van der Waals surface area contributed by atoms with E-state index in [2.05, 4.69) is 225 Å². The molecule has 57 heavy (non-hydrogen) atoms. The topological polar surface area (TPSA) is 21.8 Å². The van der Waals surface area contributed by atoms with Crippen LogP contribution >= 0.6 is 0 Å². The summed E-state index contributed by atoms with van der Waals surface area (Å²) in [6, 6.07) is 51.5. The monoisotopic (exact) mass is 744 g/mol. The van der Waals surface area contributed by atoms with E-state index in [-0.39, 0.29) is 0 Å². The van der Waals surface area contributed by atoms with Crippen LogP contribution in [0.1, 0.15) is 30.5 Å². The molecule has 0 aliphatic carbocycles. The molecule has 0 saturated carbocycles. The second-order valence-corrected chi connectivity index (χ2v) is 14.2. The first kappa shape index (κ1) is 39.6. The Kier molecular flexibility index (Phi) is 12.9. The molecule has 0 atom stereocenters. The molecular formula is C53H52N4. The van der Waals surface area contributed by atoms with Crippen molar-refractivity contribution in [2.45, 2.75) is 34.6 Å². The molecule has 0 bridgehead atoms. The standard InChI is InChI=1S/C53H52N4/c1-9-12-19-45(10-2)55(53-37-41(7)35-42(8)38-53)49-26-30-51(31-27-49)57(48-24-22-43(23-25-48)54-44-18-16-17-40(6)36-44)52-32-28-50(29-33-52)56(46(11-3)34-39(4)5)47-20-14-13-15-21-47/h9-38,54H,1,3-4H2,2,5-8H3/b19-12-,45-10+,46-34+. The molecule has 6 aromatic rings. The van der Waals surface area contributed by atoms with Crippen molar-refractivity contribution in [1.82, 2.24) is 0 Å². The van der Waals surface area contributed by atoms with Crippen LogP contribution in [0.5, 0.6) is 0 Å². The highest BCUT2D eigenvalue weighted by molar-refractivity contribution is 5.82. The Morgan fingerprint density at radius 2 is 1.05 bits per heavy atom. The molecule has 4 nitrogen and oxygen atoms in total. The molecule has 0 spiro atoms. The maximum Gasteiger partial charge on any atom is 0.0466 e. The predicted octanol–water partition coefficient (Wildman–Crippen LogP) is 15.4. The van der Waals surface area contributed by atoms with Gasteiger partial charge in [-0.05, 0) is 179 Å². The van der Waals surface area contributed by atoms with Gasteiger partial charge < -0.3 is 20.0 Å². The fourth-order valence-electron chi connectivity index (χ4n) is 7.02. The Hall–Kier alpha value is -7.04. The largest absolute Gasteiger partial charge is 0.356 e. The van der Waals surface area contributed by atoms with E-state index in [1.54, 1.807) is 0 Å². The predicted molar refractivity (Wildman–Crippen MR) is 248 cm³/mol. The molecule has 0 aromatic heterocycles. The molecule has 6 aromatic carbocycles. The average molecular weight is 745 g/mol. The summed E-state index contributed by atoms with van der Waals surface area (Å²) < 4.78 is 0. The third-order valence-electron chi connectivity index (χ3n) is 9.46. The Balaban J connectivity index is 1.44. The molecule has 0 saturated heterocycles. The van der Waals surface area contributed by atoms with Gasteiger partial charge >= 0.3 is 0 Å². The third-order valence-corrected chi connectivity index (χ3v) is 9.46. The van der Waals surface area contributed by atoms with E-state index in [1.807, 2.05) is 31.2 Å². The lowest BCUT2D eigenvalue weighted by atomic mass is 10.1. The molecule has 0 amide bonds. The number of hydrogen-bond acceptors (Lipinski definition) is 4. The lowest BCUT2D eigenvalue weighted by Gasteiger charge is -2.30. The molecule has 0 aliphatic rings. The number of hydrogen-bond donors (Lipinski definition) is 1. The van der Waals surface area contributed by atoms with Crippen molar-refractivity contribution in [2.24, 2.45) is 0 Å². The van der Waals surface area contributed by atoms with Crippen LogP contribution in [-0.4, -0.2) is 0 Å². The van der Waals surface area contributed by atoms with Gasteiger partial charge in [-0.15, -0.1) is 0 Å². The van der Waals surface area contributed by atoms with E-state index in [0.29, 0.717) is 0 Å². The second kappa shape index (κ2) is 18.5. The van der Waals surface area contributed by atoms with Crippen LogP contribution in [0.25, 0.3) is 0 Å². The molecule has 0 radical (unpaired) electrons. The SMILES string of the molecule is C=C/C=C\C(=C/C)N(c1ccc(N(c2ccc(Nc3cccc(C)c3)cc2)c2ccc(N(/C(C=C)=C/C(=C)C)c3ccccc3)cc2)cc1)c1cc(C)cc(C)c1. The van der Waals surface area contributed by atoms with E-state index < -0.39 is 0 Å². The summed E-state index contributed by atoms with van der Waals surface area (Å²) in [5.41, 5.74) is 16.0. The summed E-state index contributed by atoms with van der Waals surface area (Å²) in [5.74, 6) is 0. The average Bonchev–Trinajstić information content (AvgIpc) is 3.21. The van der Waals surface area contributed by atoms with Crippen LogP contribution in [0.4, 0.5) is 51.2 Å². The zero-order valence-electron chi connectivity index (χ0n) is 33.8.